The number of fused-ring (bicyclic) bond motifs is 1. The van der Waals surface area contributed by atoms with Crippen molar-refractivity contribution in [3.05, 3.63) is 34.8 Å². The van der Waals surface area contributed by atoms with Gasteiger partial charge in [0.05, 0.1) is 11.4 Å². The number of benzene rings is 1. The summed E-state index contributed by atoms with van der Waals surface area (Å²) in [7, 11) is 0. The molecule has 0 spiro atoms. The molecule has 2 aromatic rings. The highest BCUT2D eigenvalue weighted by Gasteiger charge is 2.39. The molecule has 0 saturated carbocycles. The molecule has 2 N–H and O–H groups in total. The van der Waals surface area contributed by atoms with E-state index in [1.165, 1.54) is 12.1 Å². The van der Waals surface area contributed by atoms with Crippen LogP contribution in [0.5, 0.6) is 0 Å². The molecule has 98 valence electrons. The van der Waals surface area contributed by atoms with Crippen LogP contribution in [-0.2, 0) is 6.54 Å². The average molecular weight is 260 g/mol. The van der Waals surface area contributed by atoms with E-state index in [0.717, 1.165) is 4.57 Å². The zero-order chi connectivity index (χ0) is 13.3. The predicted octanol–water partition coefficient (Wildman–Crippen LogP) is 1.73. The lowest BCUT2D eigenvalue weighted by Crippen LogP contribution is -2.35. The quantitative estimate of drug-likeness (QED) is 0.914. The van der Waals surface area contributed by atoms with E-state index in [-0.39, 0.29) is 5.58 Å². The molecule has 1 atom stereocenters. The molecule has 1 aromatic carbocycles. The molecule has 1 unspecified atom stereocenters. The van der Waals surface area contributed by atoms with Gasteiger partial charge in [-0.3, -0.25) is 4.57 Å². The predicted molar refractivity (Wildman–Crippen MR) is 59.1 cm³/mol. The minimum absolute atomic E-state index is 0.264. The van der Waals surface area contributed by atoms with Gasteiger partial charge in [-0.25, -0.2) is 4.79 Å². The highest BCUT2D eigenvalue weighted by Crippen LogP contribution is 2.27. The first kappa shape index (κ1) is 12.7. The largest absolute Gasteiger partial charge is 0.419 e. The van der Waals surface area contributed by atoms with Crippen molar-refractivity contribution >= 4 is 11.1 Å². The summed E-state index contributed by atoms with van der Waals surface area (Å²) in [5, 5.41) is 0. The van der Waals surface area contributed by atoms with Crippen LogP contribution in [0.4, 0.5) is 13.2 Å². The number of halogens is 3. The van der Waals surface area contributed by atoms with Gasteiger partial charge in [-0.1, -0.05) is 12.1 Å². The van der Waals surface area contributed by atoms with Crippen LogP contribution in [0.25, 0.3) is 11.1 Å². The Labute approximate surface area is 99.8 Å². The maximum Gasteiger partial charge on any atom is 0.419 e. The molecule has 18 heavy (non-hydrogen) atoms. The zero-order valence-electron chi connectivity index (χ0n) is 9.28. The van der Waals surface area contributed by atoms with Gasteiger partial charge in [0.15, 0.2) is 5.58 Å². The van der Waals surface area contributed by atoms with Crippen molar-refractivity contribution < 1.29 is 17.6 Å². The Hall–Kier alpha value is -1.76. The SMILES string of the molecule is NCC(Cn1c(=O)oc2ccccc21)C(F)(F)F. The lowest BCUT2D eigenvalue weighted by molar-refractivity contribution is -0.175. The Kier molecular flexibility index (Phi) is 3.16. The van der Waals surface area contributed by atoms with Crippen LogP contribution in [0, 0.1) is 5.92 Å². The van der Waals surface area contributed by atoms with Crippen molar-refractivity contribution in [2.24, 2.45) is 11.7 Å². The van der Waals surface area contributed by atoms with Crippen LogP contribution < -0.4 is 11.5 Å². The van der Waals surface area contributed by atoms with Crippen molar-refractivity contribution in [1.82, 2.24) is 4.57 Å². The fourth-order valence-electron chi connectivity index (χ4n) is 1.72. The molecule has 0 aliphatic heterocycles. The van der Waals surface area contributed by atoms with Crippen LogP contribution in [0.15, 0.2) is 33.5 Å². The first-order valence-electron chi connectivity index (χ1n) is 5.28. The molecule has 0 amide bonds. The Morgan fingerprint density at radius 3 is 2.61 bits per heavy atom. The molecule has 0 fully saturated rings. The summed E-state index contributed by atoms with van der Waals surface area (Å²) < 4.78 is 43.7. The summed E-state index contributed by atoms with van der Waals surface area (Å²) >= 11 is 0. The fourth-order valence-corrected chi connectivity index (χ4v) is 1.72. The maximum atomic E-state index is 12.6. The number of oxazole rings is 1. The molecule has 1 aromatic heterocycles. The number of aromatic nitrogens is 1. The third-order valence-electron chi connectivity index (χ3n) is 2.72. The van der Waals surface area contributed by atoms with Gasteiger partial charge in [0, 0.05) is 13.1 Å². The summed E-state index contributed by atoms with van der Waals surface area (Å²) in [4.78, 5) is 11.5. The van der Waals surface area contributed by atoms with E-state index in [4.69, 9.17) is 10.2 Å². The molecule has 1 heterocycles. The van der Waals surface area contributed by atoms with Gasteiger partial charge < -0.3 is 10.2 Å². The first-order valence-corrected chi connectivity index (χ1v) is 5.28. The van der Waals surface area contributed by atoms with Gasteiger partial charge in [0.2, 0.25) is 0 Å². The van der Waals surface area contributed by atoms with Crippen molar-refractivity contribution in [3.63, 3.8) is 0 Å². The van der Waals surface area contributed by atoms with E-state index in [2.05, 4.69) is 0 Å². The molecular weight excluding hydrogens is 249 g/mol. The summed E-state index contributed by atoms with van der Waals surface area (Å²) in [6.07, 6.45) is -4.44. The van der Waals surface area contributed by atoms with Crippen molar-refractivity contribution in [1.29, 1.82) is 0 Å². The number of nitrogens with zero attached hydrogens (tertiary/aromatic N) is 1. The van der Waals surface area contributed by atoms with E-state index in [9.17, 15) is 18.0 Å². The van der Waals surface area contributed by atoms with E-state index >= 15 is 0 Å². The summed E-state index contributed by atoms with van der Waals surface area (Å²) in [5.74, 6) is -2.57. The Morgan fingerprint density at radius 2 is 2.00 bits per heavy atom. The van der Waals surface area contributed by atoms with E-state index < -0.39 is 30.9 Å². The van der Waals surface area contributed by atoms with E-state index in [0.29, 0.717) is 5.52 Å². The minimum atomic E-state index is -4.44. The highest BCUT2D eigenvalue weighted by molar-refractivity contribution is 5.72. The number of para-hydroxylation sites is 2. The monoisotopic (exact) mass is 260 g/mol. The summed E-state index contributed by atoms with van der Waals surface area (Å²) in [6, 6.07) is 6.32. The molecule has 4 nitrogen and oxygen atoms in total. The lowest BCUT2D eigenvalue weighted by Gasteiger charge is -2.18. The van der Waals surface area contributed by atoms with Crippen molar-refractivity contribution in [3.8, 4) is 0 Å². The minimum Gasteiger partial charge on any atom is -0.408 e. The van der Waals surface area contributed by atoms with Crippen LogP contribution in [0.3, 0.4) is 0 Å². The summed E-state index contributed by atoms with van der Waals surface area (Å²) in [5.41, 5.74) is 5.71. The number of hydrogen-bond acceptors (Lipinski definition) is 3. The van der Waals surface area contributed by atoms with Gasteiger partial charge in [0.1, 0.15) is 0 Å². The highest BCUT2D eigenvalue weighted by atomic mass is 19.4. The second-order valence-corrected chi connectivity index (χ2v) is 3.92. The lowest BCUT2D eigenvalue weighted by atomic mass is 10.1. The normalized spacial score (nSPS) is 14.0. The average Bonchev–Trinajstić information content (AvgIpc) is 2.60. The molecular formula is C11H11F3N2O2. The second kappa shape index (κ2) is 4.49. The van der Waals surface area contributed by atoms with Crippen molar-refractivity contribution in [2.75, 3.05) is 6.54 Å². The Bertz CT molecular complexity index is 600. The molecule has 0 saturated heterocycles. The standard InChI is InChI=1S/C11H11F3N2O2/c12-11(13,14)7(5-15)6-16-8-3-1-2-4-9(8)18-10(16)17/h1-4,7H,5-6,15H2. The molecule has 2 rings (SSSR count). The topological polar surface area (TPSA) is 61.2 Å². The Morgan fingerprint density at radius 1 is 1.33 bits per heavy atom. The van der Waals surface area contributed by atoms with Gasteiger partial charge in [0.25, 0.3) is 0 Å². The van der Waals surface area contributed by atoms with Gasteiger partial charge >= 0.3 is 11.9 Å². The van der Waals surface area contributed by atoms with Crippen LogP contribution in [0.2, 0.25) is 0 Å². The van der Waals surface area contributed by atoms with Gasteiger partial charge in [-0.2, -0.15) is 13.2 Å². The second-order valence-electron chi connectivity index (χ2n) is 3.92. The summed E-state index contributed by atoms with van der Waals surface area (Å²) in [6.45, 7) is -1.11. The van der Waals surface area contributed by atoms with Crippen LogP contribution in [0.1, 0.15) is 0 Å². The fraction of sp³-hybridized carbons (Fsp3) is 0.364. The van der Waals surface area contributed by atoms with E-state index in [1.807, 2.05) is 0 Å². The zero-order valence-corrected chi connectivity index (χ0v) is 9.28. The van der Waals surface area contributed by atoms with Crippen LogP contribution in [-0.4, -0.2) is 17.3 Å². The number of nitrogens with two attached hydrogens (primary N) is 1. The Balaban J connectivity index is 2.43. The first-order chi connectivity index (χ1) is 8.43. The number of alkyl halides is 3. The van der Waals surface area contributed by atoms with Crippen molar-refractivity contribution in [2.45, 2.75) is 12.7 Å². The number of hydrogen-bond donors (Lipinski definition) is 1. The molecule has 0 radical (unpaired) electrons. The van der Waals surface area contributed by atoms with Crippen LogP contribution >= 0.6 is 0 Å². The third-order valence-corrected chi connectivity index (χ3v) is 2.72. The third kappa shape index (κ3) is 2.26. The molecule has 7 heteroatoms. The van der Waals surface area contributed by atoms with E-state index in [1.54, 1.807) is 12.1 Å². The smallest absolute Gasteiger partial charge is 0.408 e. The molecule has 0 bridgehead atoms. The van der Waals surface area contributed by atoms with Gasteiger partial charge in [-0.15, -0.1) is 0 Å². The number of rotatable bonds is 3. The molecule has 0 aliphatic rings. The molecule has 0 aliphatic carbocycles. The van der Waals surface area contributed by atoms with Gasteiger partial charge in [-0.05, 0) is 12.1 Å². The maximum absolute atomic E-state index is 12.6.